The Morgan fingerprint density at radius 1 is 0.907 bits per heavy atom. The molecule has 4 aliphatic rings. The largest absolute Gasteiger partial charge is 0.338 e. The van der Waals surface area contributed by atoms with Crippen molar-refractivity contribution >= 4 is 15.7 Å². The second kappa shape index (κ2) is 12.2. The van der Waals surface area contributed by atoms with Crippen molar-refractivity contribution in [3.8, 4) is 0 Å². The van der Waals surface area contributed by atoms with Crippen LogP contribution in [-0.2, 0) is 21.2 Å². The van der Waals surface area contributed by atoms with Gasteiger partial charge in [0.2, 0.25) is 11.8 Å². The number of carbonyl (C=O) groups is 1. The Morgan fingerprint density at radius 3 is 2.21 bits per heavy atom. The number of hydrogen-bond donors (Lipinski definition) is 1. The lowest BCUT2D eigenvalue weighted by molar-refractivity contribution is -0.139. The molecule has 1 saturated carbocycles. The maximum absolute atomic E-state index is 14.0. The zero-order valence-electron chi connectivity index (χ0n) is 25.2. The molecule has 0 aromatic heterocycles. The third kappa shape index (κ3) is 6.69. The minimum absolute atomic E-state index is 0.000150. The Morgan fingerprint density at radius 2 is 1.56 bits per heavy atom. The van der Waals surface area contributed by atoms with Crippen molar-refractivity contribution in [3.05, 3.63) is 65.7 Å². The first-order valence-electron chi connectivity index (χ1n) is 16.0. The van der Waals surface area contributed by atoms with Gasteiger partial charge in [0.15, 0.2) is 9.84 Å². The van der Waals surface area contributed by atoms with Crippen LogP contribution in [0.4, 0.5) is 8.78 Å². The zero-order chi connectivity index (χ0) is 30.2. The first-order chi connectivity index (χ1) is 20.5. The van der Waals surface area contributed by atoms with E-state index in [-0.39, 0.29) is 29.1 Å². The van der Waals surface area contributed by atoms with Crippen LogP contribution in [-0.4, -0.2) is 75.1 Å². The van der Waals surface area contributed by atoms with E-state index in [0.717, 1.165) is 64.0 Å². The quantitative estimate of drug-likeness (QED) is 0.427. The highest BCUT2D eigenvalue weighted by molar-refractivity contribution is 7.90. The van der Waals surface area contributed by atoms with Gasteiger partial charge in [-0.05, 0) is 86.7 Å². The van der Waals surface area contributed by atoms with Crippen molar-refractivity contribution in [2.24, 2.45) is 17.3 Å². The summed E-state index contributed by atoms with van der Waals surface area (Å²) in [7, 11) is -3.26. The number of halogens is 2. The highest BCUT2D eigenvalue weighted by Gasteiger charge is 2.50. The molecule has 6 nitrogen and oxygen atoms in total. The number of amides is 1. The van der Waals surface area contributed by atoms with Gasteiger partial charge in [0.05, 0.1) is 10.3 Å². The molecule has 0 radical (unpaired) electrons. The molecule has 3 heterocycles. The van der Waals surface area contributed by atoms with Gasteiger partial charge < -0.3 is 10.2 Å². The lowest BCUT2D eigenvalue weighted by atomic mass is 9.73. The molecule has 0 bridgehead atoms. The molecule has 1 amide bonds. The molecule has 6 rings (SSSR count). The molecule has 2 aromatic rings. The summed E-state index contributed by atoms with van der Waals surface area (Å²) in [5, 5.41) is 3.65. The molecule has 3 aliphatic heterocycles. The molecule has 234 valence electrons. The number of rotatable bonds is 8. The summed E-state index contributed by atoms with van der Waals surface area (Å²) in [5.74, 6) is -1.19. The third-order valence-corrected chi connectivity index (χ3v) is 12.1. The molecule has 1 aliphatic carbocycles. The van der Waals surface area contributed by atoms with Gasteiger partial charge in [-0.2, -0.15) is 0 Å². The molecular weight excluding hydrogens is 568 g/mol. The van der Waals surface area contributed by atoms with Gasteiger partial charge in [0, 0.05) is 57.2 Å². The smallest absolute Gasteiger partial charge is 0.248 e. The lowest BCUT2D eigenvalue weighted by Crippen LogP contribution is -2.51. The molecular formula is C34H45F2N3O3S. The molecule has 1 N–H and O–H groups in total. The van der Waals surface area contributed by atoms with E-state index >= 15 is 0 Å². The predicted octanol–water partition coefficient (Wildman–Crippen LogP) is 5.49. The Balaban J connectivity index is 1.14. The van der Waals surface area contributed by atoms with Crippen molar-refractivity contribution < 1.29 is 22.0 Å². The number of carbonyl (C=O) groups excluding carboxylic acids is 1. The SMILES string of the molecule is CS(=O)(=O)c1ccc(CN2CCC3(CCN(C(CC4CCC(F)(F)CC4)[C@@H]4CNC[C@@H]4c4ccccc4)CC3)C2=O)cc1. The number of benzene rings is 2. The van der Waals surface area contributed by atoms with Crippen LogP contribution in [0.2, 0.25) is 0 Å². The molecule has 9 heteroatoms. The van der Waals surface area contributed by atoms with Gasteiger partial charge in [-0.1, -0.05) is 42.5 Å². The van der Waals surface area contributed by atoms with Gasteiger partial charge in [0.1, 0.15) is 0 Å². The van der Waals surface area contributed by atoms with Gasteiger partial charge in [-0.15, -0.1) is 0 Å². The van der Waals surface area contributed by atoms with Crippen molar-refractivity contribution in [2.45, 2.75) is 80.7 Å². The van der Waals surface area contributed by atoms with Gasteiger partial charge in [-0.3, -0.25) is 9.69 Å². The van der Waals surface area contributed by atoms with E-state index in [0.29, 0.717) is 43.2 Å². The molecule has 3 atom stereocenters. The van der Waals surface area contributed by atoms with E-state index in [4.69, 9.17) is 0 Å². The fourth-order valence-electron chi connectivity index (χ4n) is 8.29. The number of piperidine rings is 1. The second-order valence-electron chi connectivity index (χ2n) is 13.7. The summed E-state index contributed by atoms with van der Waals surface area (Å²) in [6.45, 7) is 4.79. The average molecular weight is 614 g/mol. The van der Waals surface area contributed by atoms with Crippen molar-refractivity contribution in [2.75, 3.05) is 39.0 Å². The highest BCUT2D eigenvalue weighted by atomic mass is 32.2. The Labute approximate surface area is 255 Å². The number of hydrogen-bond acceptors (Lipinski definition) is 5. The van der Waals surface area contributed by atoms with Crippen LogP contribution in [0.1, 0.15) is 68.4 Å². The Bertz CT molecular complexity index is 1370. The fraction of sp³-hybridized carbons (Fsp3) is 0.618. The van der Waals surface area contributed by atoms with Crippen molar-refractivity contribution in [3.63, 3.8) is 0 Å². The number of sulfone groups is 1. The van der Waals surface area contributed by atoms with Crippen LogP contribution >= 0.6 is 0 Å². The molecule has 2 aromatic carbocycles. The number of nitrogens with one attached hydrogen (secondary N) is 1. The van der Waals surface area contributed by atoms with Crippen molar-refractivity contribution in [1.82, 2.24) is 15.1 Å². The summed E-state index contributed by atoms with van der Waals surface area (Å²) in [6, 6.07) is 17.8. The lowest BCUT2D eigenvalue weighted by Gasteiger charge is -2.46. The normalized spacial score (nSPS) is 27.1. The van der Waals surface area contributed by atoms with Crippen LogP contribution < -0.4 is 5.32 Å². The maximum atomic E-state index is 14.0. The standard InChI is InChI=1S/C34H45F2N3O3S/c1-43(41,42)28-9-7-26(8-10-28)24-39-20-17-33(32(39)40)15-18-38(19-16-33)31(21-25-11-13-34(35,36)14-12-25)30-23-37-22-29(30)27-5-3-2-4-6-27/h2-10,25,29-31,37H,11-24H2,1H3/t29-,30-,31?/m1/s1. The Kier molecular flexibility index (Phi) is 8.70. The number of alkyl halides is 2. The van der Waals surface area contributed by atoms with Crippen LogP contribution in [0.3, 0.4) is 0 Å². The molecule has 3 saturated heterocycles. The van der Waals surface area contributed by atoms with Crippen LogP contribution in [0.25, 0.3) is 0 Å². The summed E-state index contributed by atoms with van der Waals surface area (Å²) in [4.78, 5) is 18.6. The third-order valence-electron chi connectivity index (χ3n) is 10.9. The van der Waals surface area contributed by atoms with E-state index < -0.39 is 15.8 Å². The monoisotopic (exact) mass is 613 g/mol. The number of nitrogens with zero attached hydrogens (tertiary/aromatic N) is 2. The molecule has 1 spiro atoms. The first-order valence-corrected chi connectivity index (χ1v) is 17.9. The van der Waals surface area contributed by atoms with Gasteiger partial charge in [-0.25, -0.2) is 17.2 Å². The highest BCUT2D eigenvalue weighted by Crippen LogP contribution is 2.46. The van der Waals surface area contributed by atoms with E-state index in [9.17, 15) is 22.0 Å². The van der Waals surface area contributed by atoms with Crippen LogP contribution in [0.15, 0.2) is 59.5 Å². The fourth-order valence-corrected chi connectivity index (χ4v) is 8.92. The molecule has 43 heavy (non-hydrogen) atoms. The summed E-state index contributed by atoms with van der Waals surface area (Å²) < 4.78 is 51.7. The van der Waals surface area contributed by atoms with E-state index in [1.54, 1.807) is 12.1 Å². The van der Waals surface area contributed by atoms with Crippen LogP contribution in [0.5, 0.6) is 0 Å². The summed E-state index contributed by atoms with van der Waals surface area (Å²) in [5.41, 5.74) is 1.94. The number of likely N-dealkylation sites (tertiary alicyclic amines) is 2. The van der Waals surface area contributed by atoms with Crippen LogP contribution in [0, 0.1) is 17.3 Å². The molecule has 1 unspecified atom stereocenters. The average Bonchev–Trinajstić information content (AvgIpc) is 3.59. The minimum Gasteiger partial charge on any atom is -0.338 e. The van der Waals surface area contributed by atoms with Crippen molar-refractivity contribution in [1.29, 1.82) is 0 Å². The topological polar surface area (TPSA) is 69.7 Å². The summed E-state index contributed by atoms with van der Waals surface area (Å²) in [6.07, 6.45) is 5.83. The Hall–Kier alpha value is -2.36. The zero-order valence-corrected chi connectivity index (χ0v) is 26.0. The van der Waals surface area contributed by atoms with Gasteiger partial charge in [0.25, 0.3) is 0 Å². The van der Waals surface area contributed by atoms with E-state index in [1.165, 1.54) is 11.8 Å². The minimum atomic E-state index is -3.26. The predicted molar refractivity (Wildman–Crippen MR) is 164 cm³/mol. The first kappa shape index (κ1) is 30.7. The second-order valence-corrected chi connectivity index (χ2v) is 15.7. The maximum Gasteiger partial charge on any atom is 0.248 e. The van der Waals surface area contributed by atoms with Gasteiger partial charge >= 0.3 is 0 Å². The van der Waals surface area contributed by atoms with E-state index in [2.05, 4.69) is 40.5 Å². The van der Waals surface area contributed by atoms with E-state index in [1.807, 2.05) is 17.0 Å². The summed E-state index contributed by atoms with van der Waals surface area (Å²) >= 11 is 0. The molecule has 4 fully saturated rings.